The van der Waals surface area contributed by atoms with Gasteiger partial charge < -0.3 is 15.4 Å². The summed E-state index contributed by atoms with van der Waals surface area (Å²) < 4.78 is 18.3. The van der Waals surface area contributed by atoms with Crippen molar-refractivity contribution in [2.24, 2.45) is 5.41 Å². The lowest BCUT2D eigenvalue weighted by Gasteiger charge is -2.23. The molecule has 6 heteroatoms. The smallest absolute Gasteiger partial charge is 0.235 e. The van der Waals surface area contributed by atoms with Gasteiger partial charge in [0.05, 0.1) is 6.10 Å². The van der Waals surface area contributed by atoms with Crippen molar-refractivity contribution < 1.29 is 18.7 Å². The van der Waals surface area contributed by atoms with Gasteiger partial charge in [0.1, 0.15) is 11.2 Å². The van der Waals surface area contributed by atoms with Gasteiger partial charge in [0.2, 0.25) is 11.8 Å². The molecule has 0 radical (unpaired) electrons. The van der Waals surface area contributed by atoms with Crippen LogP contribution in [0.4, 0.5) is 4.39 Å². The monoisotopic (exact) mass is 336 g/mol. The Bertz CT molecular complexity index is 566. The maximum atomic E-state index is 12.8. The average Bonchev–Trinajstić information content (AvgIpc) is 3.07. The molecule has 0 aromatic heterocycles. The third-order valence-corrected chi connectivity index (χ3v) is 4.26. The molecule has 0 spiro atoms. The zero-order chi connectivity index (χ0) is 17.6. The summed E-state index contributed by atoms with van der Waals surface area (Å²) in [6, 6.07) is 6.14. The minimum atomic E-state index is -1.15. The van der Waals surface area contributed by atoms with Gasteiger partial charge >= 0.3 is 0 Å². The Kier molecular flexibility index (Phi) is 6.31. The van der Waals surface area contributed by atoms with E-state index in [1.54, 1.807) is 26.0 Å². The Morgan fingerprint density at radius 2 is 1.88 bits per heavy atom. The second kappa shape index (κ2) is 8.24. The minimum absolute atomic E-state index is 0.0475. The number of nitrogens with one attached hydrogen (secondary N) is 2. The molecule has 2 amide bonds. The molecular weight excluding hydrogens is 311 g/mol. The van der Waals surface area contributed by atoms with Gasteiger partial charge in [0, 0.05) is 19.7 Å². The zero-order valence-electron chi connectivity index (χ0n) is 14.2. The molecule has 2 rings (SSSR count). The number of benzene rings is 1. The van der Waals surface area contributed by atoms with E-state index in [0.717, 1.165) is 25.0 Å². The van der Waals surface area contributed by atoms with Gasteiger partial charge in [-0.1, -0.05) is 12.1 Å². The number of hydrogen-bond donors (Lipinski definition) is 2. The van der Waals surface area contributed by atoms with Crippen LogP contribution in [0.15, 0.2) is 24.3 Å². The normalized spacial score (nSPS) is 17.5. The lowest BCUT2D eigenvalue weighted by atomic mass is 9.91. The number of carbonyl (C=O) groups is 2. The number of rotatable bonds is 7. The van der Waals surface area contributed by atoms with E-state index in [2.05, 4.69) is 10.6 Å². The van der Waals surface area contributed by atoms with Gasteiger partial charge in [0.25, 0.3) is 0 Å². The van der Waals surface area contributed by atoms with Crippen molar-refractivity contribution in [3.05, 3.63) is 35.6 Å². The van der Waals surface area contributed by atoms with Gasteiger partial charge in [-0.2, -0.15) is 0 Å². The van der Waals surface area contributed by atoms with Gasteiger partial charge in [-0.3, -0.25) is 9.59 Å². The second-order valence-electron chi connectivity index (χ2n) is 6.60. The van der Waals surface area contributed by atoms with Crippen LogP contribution < -0.4 is 10.6 Å². The molecule has 0 aliphatic carbocycles. The topological polar surface area (TPSA) is 67.4 Å². The number of carbonyl (C=O) groups excluding carboxylic acids is 2. The highest BCUT2D eigenvalue weighted by Gasteiger charge is 2.36. The highest BCUT2D eigenvalue weighted by Crippen LogP contribution is 2.17. The highest BCUT2D eigenvalue weighted by molar-refractivity contribution is 6.04. The maximum absolute atomic E-state index is 12.8. The summed E-state index contributed by atoms with van der Waals surface area (Å²) in [5.41, 5.74) is -0.223. The van der Waals surface area contributed by atoms with Gasteiger partial charge in [-0.05, 0) is 50.8 Å². The van der Waals surface area contributed by atoms with Crippen molar-refractivity contribution in [2.45, 2.75) is 39.2 Å². The molecule has 1 aliphatic rings. The Balaban J connectivity index is 1.75. The van der Waals surface area contributed by atoms with E-state index in [9.17, 15) is 14.0 Å². The third-order valence-electron chi connectivity index (χ3n) is 4.26. The van der Waals surface area contributed by atoms with Crippen LogP contribution in [0.25, 0.3) is 0 Å². The van der Waals surface area contributed by atoms with Crippen molar-refractivity contribution in [3.63, 3.8) is 0 Å². The minimum Gasteiger partial charge on any atom is -0.376 e. The van der Waals surface area contributed by atoms with Gasteiger partial charge in [-0.25, -0.2) is 4.39 Å². The summed E-state index contributed by atoms with van der Waals surface area (Å²) in [7, 11) is 0. The highest BCUT2D eigenvalue weighted by atomic mass is 19.1. The number of amides is 2. The fourth-order valence-corrected chi connectivity index (χ4v) is 2.53. The first kappa shape index (κ1) is 18.4. The largest absolute Gasteiger partial charge is 0.376 e. The molecular formula is C18H25FN2O3. The third kappa shape index (κ3) is 5.03. The van der Waals surface area contributed by atoms with E-state index < -0.39 is 5.41 Å². The predicted molar refractivity (Wildman–Crippen MR) is 88.9 cm³/mol. The Morgan fingerprint density at radius 1 is 1.21 bits per heavy atom. The molecule has 0 bridgehead atoms. The van der Waals surface area contributed by atoms with E-state index >= 15 is 0 Å². The molecule has 1 fully saturated rings. The fraction of sp³-hybridized carbons (Fsp3) is 0.556. The summed E-state index contributed by atoms with van der Waals surface area (Å²) in [5.74, 6) is -0.918. The van der Waals surface area contributed by atoms with Crippen molar-refractivity contribution in [1.82, 2.24) is 10.6 Å². The summed E-state index contributed by atoms with van der Waals surface area (Å²) in [6.07, 6.45) is 2.57. The van der Waals surface area contributed by atoms with Crippen molar-refractivity contribution in [3.8, 4) is 0 Å². The lowest BCUT2D eigenvalue weighted by molar-refractivity contribution is -0.141. The molecule has 2 N–H and O–H groups in total. The first-order valence-corrected chi connectivity index (χ1v) is 8.32. The quantitative estimate of drug-likeness (QED) is 0.746. The van der Waals surface area contributed by atoms with E-state index in [-0.39, 0.29) is 23.7 Å². The van der Waals surface area contributed by atoms with Crippen molar-refractivity contribution in [2.75, 3.05) is 19.7 Å². The van der Waals surface area contributed by atoms with Crippen LogP contribution in [-0.2, 0) is 20.7 Å². The number of hydrogen-bond acceptors (Lipinski definition) is 3. The van der Waals surface area contributed by atoms with Crippen LogP contribution in [0, 0.1) is 11.2 Å². The summed E-state index contributed by atoms with van der Waals surface area (Å²) in [4.78, 5) is 24.5. The van der Waals surface area contributed by atoms with E-state index in [1.165, 1.54) is 12.1 Å². The molecule has 1 aliphatic heterocycles. The SMILES string of the molecule is CC(C)(C(=O)NCCc1ccc(F)cc1)C(=O)NCC1CCCO1. The second-order valence-corrected chi connectivity index (χ2v) is 6.60. The van der Waals surface area contributed by atoms with Crippen LogP contribution in [0.5, 0.6) is 0 Å². The van der Waals surface area contributed by atoms with Gasteiger partial charge in [0.15, 0.2) is 0 Å². The molecule has 1 heterocycles. The van der Waals surface area contributed by atoms with Crippen LogP contribution >= 0.6 is 0 Å². The molecule has 0 saturated carbocycles. The summed E-state index contributed by atoms with van der Waals surface area (Å²) in [5, 5.41) is 5.56. The van der Waals surface area contributed by atoms with Crippen molar-refractivity contribution in [1.29, 1.82) is 0 Å². The Labute approximate surface area is 142 Å². The van der Waals surface area contributed by atoms with Crippen LogP contribution in [-0.4, -0.2) is 37.6 Å². The molecule has 1 atom stereocenters. The summed E-state index contributed by atoms with van der Waals surface area (Å²) in [6.45, 7) is 4.77. The van der Waals surface area contributed by atoms with Crippen molar-refractivity contribution >= 4 is 11.8 Å². The maximum Gasteiger partial charge on any atom is 0.235 e. The molecule has 132 valence electrons. The molecule has 1 saturated heterocycles. The standard InChI is InChI=1S/C18H25FN2O3/c1-18(2,17(23)21-12-15-4-3-11-24-15)16(22)20-10-9-13-5-7-14(19)8-6-13/h5-8,15H,3-4,9-12H2,1-2H3,(H,20,22)(H,21,23). The van der Waals surface area contributed by atoms with Crippen LogP contribution in [0.3, 0.4) is 0 Å². The van der Waals surface area contributed by atoms with E-state index in [0.29, 0.717) is 19.5 Å². The summed E-state index contributed by atoms with van der Waals surface area (Å²) >= 11 is 0. The van der Waals surface area contributed by atoms with E-state index in [4.69, 9.17) is 4.74 Å². The number of ether oxygens (including phenoxy) is 1. The first-order chi connectivity index (χ1) is 11.4. The van der Waals surface area contributed by atoms with Crippen LogP contribution in [0.1, 0.15) is 32.3 Å². The lowest BCUT2D eigenvalue weighted by Crippen LogP contribution is -2.49. The first-order valence-electron chi connectivity index (χ1n) is 8.32. The fourth-order valence-electron chi connectivity index (χ4n) is 2.53. The van der Waals surface area contributed by atoms with Gasteiger partial charge in [-0.15, -0.1) is 0 Å². The molecule has 1 aromatic carbocycles. The predicted octanol–water partition coefficient (Wildman–Crippen LogP) is 1.81. The zero-order valence-corrected chi connectivity index (χ0v) is 14.2. The molecule has 5 nitrogen and oxygen atoms in total. The Morgan fingerprint density at radius 3 is 2.50 bits per heavy atom. The molecule has 24 heavy (non-hydrogen) atoms. The number of halogens is 1. The molecule has 1 aromatic rings. The average molecular weight is 336 g/mol. The Hall–Kier alpha value is -1.95. The molecule has 1 unspecified atom stereocenters. The van der Waals surface area contributed by atoms with E-state index in [1.807, 2.05) is 0 Å². The van der Waals surface area contributed by atoms with Crippen LogP contribution in [0.2, 0.25) is 0 Å².